The number of hydrogen-bond acceptors (Lipinski definition) is 1. The van der Waals surface area contributed by atoms with Crippen molar-refractivity contribution in [1.82, 2.24) is 37.0 Å². The highest BCUT2D eigenvalue weighted by atomic mass is 15.1. The third-order valence-electron chi connectivity index (χ3n) is 32.0. The van der Waals surface area contributed by atoms with Crippen molar-refractivity contribution in [2.45, 2.75) is 209 Å². The van der Waals surface area contributed by atoms with Crippen LogP contribution in [0.2, 0.25) is 0 Å². The Kier molecular flexibility index (Phi) is 19.8. The zero-order chi connectivity index (χ0) is 101. The Balaban J connectivity index is 0.748. The predicted octanol–water partition coefficient (Wildman–Crippen LogP) is 37.6. The summed E-state index contributed by atoms with van der Waals surface area (Å²) < 4.78 is 17.8. The Morgan fingerprint density at radius 1 is 0.145 bits per heavy atom. The van der Waals surface area contributed by atoms with Crippen LogP contribution in [0.1, 0.15) is 211 Å². The van der Waals surface area contributed by atoms with Crippen LogP contribution in [0.4, 0.5) is 0 Å². The molecular weight excluding hydrogens is 1760 g/mol. The van der Waals surface area contributed by atoms with E-state index in [9.17, 15) is 0 Å². The molecule has 0 saturated carbocycles. The fourth-order valence-electron chi connectivity index (χ4n) is 23.6. The fourth-order valence-corrected chi connectivity index (χ4v) is 23.6. The zero-order valence-electron chi connectivity index (χ0n) is 88.4. The van der Waals surface area contributed by atoms with E-state index in [1.54, 1.807) is 0 Å². The first-order chi connectivity index (χ1) is 68.9. The molecule has 0 spiro atoms. The van der Waals surface area contributed by atoms with Crippen LogP contribution in [0.15, 0.2) is 340 Å². The van der Waals surface area contributed by atoms with E-state index in [-0.39, 0.29) is 43.3 Å². The Morgan fingerprint density at radius 3 is 0.538 bits per heavy atom. The van der Waals surface area contributed by atoms with Gasteiger partial charge in [-0.1, -0.05) is 275 Å². The Labute approximate surface area is 850 Å². The number of pyridine rings is 1. The zero-order valence-corrected chi connectivity index (χ0v) is 88.4. The molecule has 8 nitrogen and oxygen atoms in total. The number of benzene rings is 17. The van der Waals surface area contributed by atoms with Gasteiger partial charge < -0.3 is 32.0 Å². The van der Waals surface area contributed by atoms with Crippen molar-refractivity contribution in [2.24, 2.45) is 0 Å². The van der Waals surface area contributed by atoms with E-state index in [0.29, 0.717) is 0 Å². The Hall–Kier alpha value is -15.3. The van der Waals surface area contributed by atoms with Gasteiger partial charge in [-0.05, 0) is 329 Å². The lowest BCUT2D eigenvalue weighted by Gasteiger charge is -2.19. The average molecular weight is 1890 g/mol. The molecule has 0 saturated heterocycles. The average Bonchev–Trinajstić information content (AvgIpc) is 1.45. The second-order valence-electron chi connectivity index (χ2n) is 49.9. The SMILES string of the molecule is CC(C)(C)c1ccc2c(c1)c1cc(C(C)(C)C)ccc1n2-c1ccc2c(c1)c1cc(-n3c4ccc(C(C)(C)C)cc4c4cc(C(C)(C)C)ccc43)ccc1n2-c1ccc2c(c1)c1cc(-n3c4ccc(-n5c6ccc(C(C)(C)C)cc6c6cc(C(C)(C)C)ccc65)cc4c4cc(-n5c6ccc(C(C)(C)C)cc6c6cc(C(C)(C)C)ccc65)ccc43)ccc1n2-c1ccc(-c2cc(-c3ccccc3)nc3ccccc23)cc1. The van der Waals surface area contributed by atoms with Crippen molar-refractivity contribution in [2.75, 3.05) is 0 Å². The maximum atomic E-state index is 5.27. The molecule has 0 bridgehead atoms. The molecule has 0 aliphatic heterocycles. The van der Waals surface area contributed by atoms with Crippen molar-refractivity contribution < 1.29 is 0 Å². The topological polar surface area (TPSA) is 47.4 Å². The summed E-state index contributed by atoms with van der Waals surface area (Å²) >= 11 is 0. The molecule has 8 heterocycles. The van der Waals surface area contributed by atoms with Gasteiger partial charge in [0.05, 0.1) is 88.4 Å². The van der Waals surface area contributed by atoms with Gasteiger partial charge in [0.2, 0.25) is 0 Å². The highest BCUT2D eigenvalue weighted by Gasteiger charge is 2.32. The molecule has 0 N–H and O–H groups in total. The van der Waals surface area contributed by atoms with Crippen LogP contribution in [-0.2, 0) is 43.3 Å². The summed E-state index contributed by atoms with van der Waals surface area (Å²) in [5.74, 6) is 0. The summed E-state index contributed by atoms with van der Waals surface area (Å²) in [4.78, 5) is 5.27. The second-order valence-corrected chi connectivity index (χ2v) is 49.9. The largest absolute Gasteiger partial charge is 0.309 e. The van der Waals surface area contributed by atoms with Gasteiger partial charge in [0.25, 0.3) is 0 Å². The van der Waals surface area contributed by atoms with Gasteiger partial charge in [0.15, 0.2) is 0 Å². The molecular formula is C137H128N8. The summed E-state index contributed by atoms with van der Waals surface area (Å²) in [5.41, 5.74) is 39.2. The summed E-state index contributed by atoms with van der Waals surface area (Å²) in [5, 5.41) is 18.2. The number of fused-ring (bicyclic) bond motifs is 22. The molecule has 0 fully saturated rings. The van der Waals surface area contributed by atoms with Crippen LogP contribution in [0, 0.1) is 0 Å². The third kappa shape index (κ3) is 14.7. The molecule has 0 aliphatic rings. The first kappa shape index (κ1) is 91.0. The number of nitrogens with zero attached hydrogens (tertiary/aromatic N) is 8. The van der Waals surface area contributed by atoms with Crippen LogP contribution >= 0.6 is 0 Å². The molecule has 25 aromatic rings. The highest BCUT2D eigenvalue weighted by Crippen LogP contribution is 2.50. The van der Waals surface area contributed by atoms with E-state index in [4.69, 9.17) is 4.98 Å². The lowest BCUT2D eigenvalue weighted by atomic mass is 9.85. The summed E-state index contributed by atoms with van der Waals surface area (Å²) in [7, 11) is 0. The van der Waals surface area contributed by atoms with Gasteiger partial charge in [-0.2, -0.15) is 0 Å². The van der Waals surface area contributed by atoms with Crippen molar-refractivity contribution in [1.29, 1.82) is 0 Å². The molecule has 716 valence electrons. The minimum absolute atomic E-state index is 0.0554. The number of rotatable bonds is 9. The van der Waals surface area contributed by atoms with E-state index < -0.39 is 0 Å². The first-order valence-corrected chi connectivity index (χ1v) is 52.1. The molecule has 0 amide bonds. The lowest BCUT2D eigenvalue weighted by molar-refractivity contribution is 0.590. The smallest absolute Gasteiger partial charge is 0.0715 e. The normalized spacial score (nSPS) is 13.2. The van der Waals surface area contributed by atoms with Crippen molar-refractivity contribution in [3.63, 3.8) is 0 Å². The highest BCUT2D eigenvalue weighted by molar-refractivity contribution is 6.19. The van der Waals surface area contributed by atoms with Crippen molar-refractivity contribution >= 4 is 164 Å². The summed E-state index contributed by atoms with van der Waals surface area (Å²) in [6.45, 7) is 56.0. The number of hydrogen-bond donors (Lipinski definition) is 0. The Bertz CT molecular complexity index is 8620. The van der Waals surface area contributed by atoms with Gasteiger partial charge in [-0.3, -0.25) is 0 Å². The van der Waals surface area contributed by atoms with E-state index in [2.05, 4.69) is 538 Å². The van der Waals surface area contributed by atoms with Gasteiger partial charge >= 0.3 is 0 Å². The summed E-state index contributed by atoms with van der Waals surface area (Å²) in [6, 6.07) is 132. The minimum Gasteiger partial charge on any atom is -0.309 e. The predicted molar refractivity (Wildman–Crippen MR) is 623 cm³/mol. The number of aromatic nitrogens is 8. The molecule has 8 aromatic heterocycles. The van der Waals surface area contributed by atoms with E-state index in [1.807, 2.05) is 0 Å². The fraction of sp³-hybridized carbons (Fsp3) is 0.234. The van der Waals surface area contributed by atoms with E-state index in [0.717, 1.165) is 117 Å². The van der Waals surface area contributed by atoms with Gasteiger partial charge in [0.1, 0.15) is 0 Å². The lowest BCUT2D eigenvalue weighted by Crippen LogP contribution is -2.10. The second kappa shape index (κ2) is 31.6. The van der Waals surface area contributed by atoms with Crippen LogP contribution in [0.3, 0.4) is 0 Å². The molecule has 0 aliphatic carbocycles. The van der Waals surface area contributed by atoms with Gasteiger partial charge in [-0.25, -0.2) is 4.98 Å². The van der Waals surface area contributed by atoms with Gasteiger partial charge in [-0.15, -0.1) is 0 Å². The Morgan fingerprint density at radius 2 is 0.324 bits per heavy atom. The molecule has 145 heavy (non-hydrogen) atoms. The molecule has 0 atom stereocenters. The monoisotopic (exact) mass is 1890 g/mol. The third-order valence-corrected chi connectivity index (χ3v) is 32.0. The number of para-hydroxylation sites is 1. The van der Waals surface area contributed by atoms with Crippen LogP contribution in [0.25, 0.3) is 226 Å². The van der Waals surface area contributed by atoms with E-state index >= 15 is 0 Å². The molecule has 8 heteroatoms. The van der Waals surface area contributed by atoms with Crippen LogP contribution in [-0.4, -0.2) is 37.0 Å². The van der Waals surface area contributed by atoms with Crippen molar-refractivity contribution in [3.8, 4) is 62.2 Å². The standard InChI is InChI=1S/C137H128N8/c1-130(2,3)83-36-52-116-100(66-83)101-67-84(131(4,5)6)37-53-117(101)140(116)92-48-62-126-110(76-92)111-77-93(141-118-54-38-85(132(7,8)9)68-102(118)103-69-86(133(10,11)12)39-55-119(103)141)49-63-127(111)144(126)96-46-60-124-108(74-96)109-75-97(47-61-125(109)139(124)91-44-34-81(35-45-91)99-80-115(82-30-26-25-27-31-82)138-114-33-29-28-32-98(99)114)145-128-64-50-94(142-120-56-40-87(134(13,14)15)70-104(120)105-71-88(135(16,17)18)41-57-121(105)142)78-112(128)113-79-95(51-65-129(113)145)143-122-58-42-89(136(19,20)21)72-106(122)107-73-90(137(22,23)24)43-59-123(107)143/h25-80H,1-24H3. The van der Waals surface area contributed by atoms with Gasteiger partial charge in [0, 0.05) is 126 Å². The molecule has 25 rings (SSSR count). The summed E-state index contributed by atoms with van der Waals surface area (Å²) in [6.07, 6.45) is 0. The maximum Gasteiger partial charge on any atom is 0.0715 e. The van der Waals surface area contributed by atoms with E-state index in [1.165, 1.54) is 153 Å². The van der Waals surface area contributed by atoms with Crippen LogP contribution < -0.4 is 0 Å². The molecule has 0 radical (unpaired) electrons. The molecule has 0 unspecified atom stereocenters. The minimum atomic E-state index is -0.0554. The quantitative estimate of drug-likeness (QED) is 0.142. The maximum absolute atomic E-state index is 5.27. The van der Waals surface area contributed by atoms with Crippen molar-refractivity contribution in [3.05, 3.63) is 384 Å². The van der Waals surface area contributed by atoms with Crippen LogP contribution in [0.5, 0.6) is 0 Å². The first-order valence-electron chi connectivity index (χ1n) is 52.1. The molecule has 17 aromatic carbocycles.